The van der Waals surface area contributed by atoms with Crippen molar-refractivity contribution in [2.45, 2.75) is 39.7 Å². The number of anilines is 2. The van der Waals surface area contributed by atoms with Gasteiger partial charge in [0.25, 0.3) is 17.2 Å². The third-order valence-electron chi connectivity index (χ3n) is 4.80. The van der Waals surface area contributed by atoms with E-state index in [1.165, 1.54) is 28.8 Å². The molecule has 12 heteroatoms. The first-order chi connectivity index (χ1) is 16.2. The predicted molar refractivity (Wildman–Crippen MR) is 126 cm³/mol. The summed E-state index contributed by atoms with van der Waals surface area (Å²) in [5.74, 6) is -1.69. The van der Waals surface area contributed by atoms with Gasteiger partial charge in [-0.3, -0.25) is 29.3 Å². The number of hydrogen-bond acceptors (Lipinski definition) is 8. The number of esters is 1. The van der Waals surface area contributed by atoms with Crippen molar-refractivity contribution < 1.29 is 19.2 Å². The van der Waals surface area contributed by atoms with E-state index in [1.54, 1.807) is 6.07 Å². The number of rotatable bonds is 11. The highest BCUT2D eigenvalue weighted by molar-refractivity contribution is 5.98. The number of carbonyl (C=O) groups is 2. The number of nitro benzene ring substituents is 1. The largest absolute Gasteiger partial charge is 0.452 e. The van der Waals surface area contributed by atoms with E-state index in [0.717, 1.165) is 11.0 Å². The highest BCUT2D eigenvalue weighted by Crippen LogP contribution is 2.18. The minimum atomic E-state index is -0.854. The zero-order valence-electron chi connectivity index (χ0n) is 19.0. The molecule has 0 spiro atoms. The van der Waals surface area contributed by atoms with E-state index < -0.39 is 34.7 Å². The first kappa shape index (κ1) is 26.0. The molecule has 0 aliphatic carbocycles. The van der Waals surface area contributed by atoms with Gasteiger partial charge in [0.15, 0.2) is 12.3 Å². The standard InChI is InChI=1S/C22H27N5O7/c1-3-5-12-25(19-20(23)26(11-4-2)22(31)24-21(19)30)17(28)14-34-18(29)10-9-15-7-6-8-16(13-15)27(32)33/h6-10,13H,3-5,11-12,14,23H2,1-2H3,(H,24,30,31)/b10-9+. The molecule has 0 atom stereocenters. The van der Waals surface area contributed by atoms with Crippen molar-refractivity contribution in [3.63, 3.8) is 0 Å². The van der Waals surface area contributed by atoms with Crippen molar-refractivity contribution in [1.82, 2.24) is 9.55 Å². The number of nitrogens with one attached hydrogen (secondary N) is 1. The second-order valence-electron chi connectivity index (χ2n) is 7.34. The molecule has 0 bridgehead atoms. The van der Waals surface area contributed by atoms with E-state index in [1.807, 2.05) is 13.8 Å². The lowest BCUT2D eigenvalue weighted by atomic mass is 10.2. The maximum absolute atomic E-state index is 12.9. The van der Waals surface area contributed by atoms with Crippen LogP contribution in [0.5, 0.6) is 0 Å². The summed E-state index contributed by atoms with van der Waals surface area (Å²) in [5, 5.41) is 10.8. The number of nitrogens with zero attached hydrogens (tertiary/aromatic N) is 3. The Morgan fingerprint density at radius 2 is 2.00 bits per heavy atom. The molecule has 0 saturated heterocycles. The second kappa shape index (κ2) is 12.1. The Bertz CT molecular complexity index is 1200. The predicted octanol–water partition coefficient (Wildman–Crippen LogP) is 1.83. The van der Waals surface area contributed by atoms with Crippen molar-refractivity contribution in [3.8, 4) is 0 Å². The minimum absolute atomic E-state index is 0.133. The van der Waals surface area contributed by atoms with Crippen LogP contribution in [0.3, 0.4) is 0 Å². The minimum Gasteiger partial charge on any atom is -0.452 e. The molecule has 3 N–H and O–H groups in total. The maximum atomic E-state index is 12.9. The third kappa shape index (κ3) is 6.64. The van der Waals surface area contributed by atoms with Gasteiger partial charge in [0, 0.05) is 31.3 Å². The molecule has 0 aliphatic heterocycles. The van der Waals surface area contributed by atoms with Crippen molar-refractivity contribution in [2.75, 3.05) is 23.8 Å². The molecule has 0 fully saturated rings. The summed E-state index contributed by atoms with van der Waals surface area (Å²) in [4.78, 5) is 63.1. The number of H-pyrrole nitrogens is 1. The van der Waals surface area contributed by atoms with Crippen molar-refractivity contribution in [3.05, 3.63) is 66.9 Å². The van der Waals surface area contributed by atoms with Gasteiger partial charge >= 0.3 is 11.7 Å². The molecule has 0 radical (unpaired) electrons. The number of carbonyl (C=O) groups excluding carboxylic acids is 2. The normalized spacial score (nSPS) is 10.9. The van der Waals surface area contributed by atoms with Crippen molar-refractivity contribution in [1.29, 1.82) is 0 Å². The van der Waals surface area contributed by atoms with E-state index in [2.05, 4.69) is 4.98 Å². The number of aromatic nitrogens is 2. The third-order valence-corrected chi connectivity index (χ3v) is 4.80. The number of non-ortho nitro benzene ring substituents is 1. The lowest BCUT2D eigenvalue weighted by molar-refractivity contribution is -0.384. The van der Waals surface area contributed by atoms with Crippen LogP contribution in [0.15, 0.2) is 39.9 Å². The smallest absolute Gasteiger partial charge is 0.331 e. The number of nitrogens with two attached hydrogens (primary N) is 1. The quantitative estimate of drug-likeness (QED) is 0.215. The zero-order valence-corrected chi connectivity index (χ0v) is 19.0. The topological polar surface area (TPSA) is 171 Å². The van der Waals surface area contributed by atoms with Gasteiger partial charge in [-0.1, -0.05) is 32.4 Å². The van der Waals surface area contributed by atoms with Crippen molar-refractivity contribution >= 4 is 35.1 Å². The lowest BCUT2D eigenvalue weighted by Gasteiger charge is -2.24. The first-order valence-corrected chi connectivity index (χ1v) is 10.7. The lowest BCUT2D eigenvalue weighted by Crippen LogP contribution is -2.43. The van der Waals surface area contributed by atoms with Crippen LogP contribution in [0.1, 0.15) is 38.7 Å². The van der Waals surface area contributed by atoms with Gasteiger partial charge in [-0.2, -0.15) is 0 Å². The molecule has 0 saturated carbocycles. The van der Waals surface area contributed by atoms with Gasteiger partial charge in [-0.05, 0) is 24.5 Å². The molecular formula is C22H27N5O7. The number of nitro groups is 1. The average Bonchev–Trinajstić information content (AvgIpc) is 2.80. The average molecular weight is 473 g/mol. The number of aromatic amines is 1. The molecule has 12 nitrogen and oxygen atoms in total. The molecule has 0 unspecified atom stereocenters. The van der Waals surface area contributed by atoms with Crippen LogP contribution in [-0.4, -0.2) is 39.5 Å². The Kier molecular flexibility index (Phi) is 9.29. The Balaban J connectivity index is 2.19. The Labute approximate surface area is 194 Å². The monoisotopic (exact) mass is 473 g/mol. The molecule has 2 aromatic rings. The Morgan fingerprint density at radius 1 is 1.26 bits per heavy atom. The SMILES string of the molecule is CCCCN(C(=O)COC(=O)/C=C/c1cccc([N+](=O)[O-])c1)c1c(N)n(CCC)c(=O)[nH]c1=O. The highest BCUT2D eigenvalue weighted by Gasteiger charge is 2.24. The fourth-order valence-corrected chi connectivity index (χ4v) is 3.13. The van der Waals surface area contributed by atoms with Crippen molar-refractivity contribution in [2.24, 2.45) is 0 Å². The summed E-state index contributed by atoms with van der Waals surface area (Å²) in [5.41, 5.74) is 4.68. The summed E-state index contributed by atoms with van der Waals surface area (Å²) in [7, 11) is 0. The van der Waals surface area contributed by atoms with Crippen LogP contribution in [0, 0.1) is 10.1 Å². The van der Waals surface area contributed by atoms with Crippen LogP contribution in [0.25, 0.3) is 6.08 Å². The van der Waals surface area contributed by atoms with Crippen LogP contribution in [0.4, 0.5) is 17.2 Å². The number of benzene rings is 1. The summed E-state index contributed by atoms with van der Waals surface area (Å²) in [6.45, 7) is 3.44. The highest BCUT2D eigenvalue weighted by atomic mass is 16.6. The van der Waals surface area contributed by atoms with Crippen LogP contribution in [-0.2, 0) is 20.9 Å². The number of unbranched alkanes of at least 4 members (excludes halogenated alkanes) is 1. The fraction of sp³-hybridized carbons (Fsp3) is 0.364. The molecule has 1 aromatic heterocycles. The molecule has 1 aromatic carbocycles. The van der Waals surface area contributed by atoms with Gasteiger partial charge in [-0.25, -0.2) is 9.59 Å². The van der Waals surface area contributed by atoms with E-state index in [0.29, 0.717) is 24.8 Å². The Morgan fingerprint density at radius 3 is 2.65 bits per heavy atom. The molecule has 0 aliphatic rings. The van der Waals surface area contributed by atoms with E-state index in [4.69, 9.17) is 10.5 Å². The number of nitrogen functional groups attached to an aromatic ring is 1. The molecule has 1 amide bonds. The summed E-state index contributed by atoms with van der Waals surface area (Å²) in [6, 6.07) is 5.63. The van der Waals surface area contributed by atoms with E-state index >= 15 is 0 Å². The molecule has 2 rings (SSSR count). The van der Waals surface area contributed by atoms with Crippen LogP contribution < -0.4 is 21.9 Å². The fourth-order valence-electron chi connectivity index (χ4n) is 3.13. The van der Waals surface area contributed by atoms with Gasteiger partial charge in [-0.15, -0.1) is 0 Å². The van der Waals surface area contributed by atoms with Gasteiger partial charge in [0.05, 0.1) is 4.92 Å². The maximum Gasteiger partial charge on any atom is 0.331 e. The number of ether oxygens (including phenoxy) is 1. The second-order valence-corrected chi connectivity index (χ2v) is 7.34. The molecule has 182 valence electrons. The van der Waals surface area contributed by atoms with E-state index in [-0.39, 0.29) is 30.3 Å². The van der Waals surface area contributed by atoms with Gasteiger partial charge in [0.2, 0.25) is 0 Å². The van der Waals surface area contributed by atoms with E-state index in [9.17, 15) is 29.3 Å². The van der Waals surface area contributed by atoms with Crippen LogP contribution >= 0.6 is 0 Å². The van der Waals surface area contributed by atoms with Gasteiger partial charge < -0.3 is 15.4 Å². The molecule has 1 heterocycles. The number of amides is 1. The summed E-state index contributed by atoms with van der Waals surface area (Å²) in [6.07, 6.45) is 4.18. The zero-order chi connectivity index (χ0) is 25.3. The van der Waals surface area contributed by atoms with Crippen LogP contribution in [0.2, 0.25) is 0 Å². The molecule has 34 heavy (non-hydrogen) atoms. The van der Waals surface area contributed by atoms with Gasteiger partial charge in [0.1, 0.15) is 5.82 Å². The number of hydrogen-bond donors (Lipinski definition) is 2. The summed E-state index contributed by atoms with van der Waals surface area (Å²) < 4.78 is 6.17. The molecular weight excluding hydrogens is 446 g/mol. The first-order valence-electron chi connectivity index (χ1n) is 10.7. The summed E-state index contributed by atoms with van der Waals surface area (Å²) >= 11 is 0. The Hall–Kier alpha value is -4.22.